The van der Waals surface area contributed by atoms with Gasteiger partial charge in [0.2, 0.25) is 0 Å². The van der Waals surface area contributed by atoms with E-state index in [0.717, 1.165) is 17.1 Å². The maximum absolute atomic E-state index is 6.02. The number of nitrogens with two attached hydrogens (primary N) is 1. The molecule has 0 fully saturated rings. The zero-order valence-electron chi connectivity index (χ0n) is 11.9. The molecule has 4 nitrogen and oxygen atoms in total. The Morgan fingerprint density at radius 3 is 2.20 bits per heavy atom. The minimum atomic E-state index is -0.188. The van der Waals surface area contributed by atoms with Crippen molar-refractivity contribution < 1.29 is 14.2 Å². The lowest BCUT2D eigenvalue weighted by Crippen LogP contribution is -2.08. The van der Waals surface area contributed by atoms with Gasteiger partial charge < -0.3 is 19.9 Å². The highest BCUT2D eigenvalue weighted by atomic mass is 16.5. The highest BCUT2D eigenvalue weighted by Gasteiger charge is 2.15. The van der Waals surface area contributed by atoms with E-state index in [0.29, 0.717) is 11.5 Å². The van der Waals surface area contributed by atoms with Crippen LogP contribution in [-0.4, -0.2) is 14.2 Å². The highest BCUT2D eigenvalue weighted by molar-refractivity contribution is 5.49. The number of rotatable bonds is 5. The van der Waals surface area contributed by atoms with Crippen molar-refractivity contribution in [3.05, 3.63) is 48.0 Å². The van der Waals surface area contributed by atoms with Crippen molar-refractivity contribution in [1.82, 2.24) is 0 Å². The van der Waals surface area contributed by atoms with Crippen molar-refractivity contribution in [2.24, 2.45) is 5.73 Å². The molecule has 0 aliphatic rings. The van der Waals surface area contributed by atoms with Crippen LogP contribution in [0.15, 0.2) is 42.5 Å². The van der Waals surface area contributed by atoms with Crippen molar-refractivity contribution in [1.29, 1.82) is 0 Å². The van der Waals surface area contributed by atoms with Crippen molar-refractivity contribution in [3.8, 4) is 23.0 Å². The molecule has 0 bridgehead atoms. The number of methoxy groups -OCH3 is 2. The summed E-state index contributed by atoms with van der Waals surface area (Å²) in [7, 11) is 3.24. The van der Waals surface area contributed by atoms with Gasteiger partial charge >= 0.3 is 0 Å². The average molecular weight is 273 g/mol. The molecule has 2 aromatic rings. The van der Waals surface area contributed by atoms with Crippen LogP contribution in [-0.2, 0) is 0 Å². The number of hydrogen-bond acceptors (Lipinski definition) is 4. The molecule has 0 saturated heterocycles. The summed E-state index contributed by atoms with van der Waals surface area (Å²) in [4.78, 5) is 0. The minimum absolute atomic E-state index is 0.188. The van der Waals surface area contributed by atoms with Gasteiger partial charge in [-0.05, 0) is 31.2 Å². The average Bonchev–Trinajstić information content (AvgIpc) is 2.46. The maximum Gasteiger partial charge on any atom is 0.135 e. The fraction of sp³-hybridized carbons (Fsp3) is 0.250. The Kier molecular flexibility index (Phi) is 4.48. The van der Waals surface area contributed by atoms with Crippen LogP contribution in [0.3, 0.4) is 0 Å². The van der Waals surface area contributed by atoms with Gasteiger partial charge in [-0.2, -0.15) is 0 Å². The molecule has 2 rings (SSSR count). The Hall–Kier alpha value is -2.20. The van der Waals surface area contributed by atoms with Crippen LogP contribution >= 0.6 is 0 Å². The molecule has 1 unspecified atom stereocenters. The summed E-state index contributed by atoms with van der Waals surface area (Å²) in [6.45, 7) is 1.90. The molecule has 0 aliphatic heterocycles. The highest BCUT2D eigenvalue weighted by Crippen LogP contribution is 2.36. The van der Waals surface area contributed by atoms with Crippen LogP contribution < -0.4 is 19.9 Å². The molecule has 0 heterocycles. The monoisotopic (exact) mass is 273 g/mol. The van der Waals surface area contributed by atoms with Gasteiger partial charge in [0.15, 0.2) is 0 Å². The van der Waals surface area contributed by atoms with E-state index in [2.05, 4.69) is 0 Å². The molecule has 0 radical (unpaired) electrons. The summed E-state index contributed by atoms with van der Waals surface area (Å²) >= 11 is 0. The molecule has 0 aromatic heterocycles. The first-order valence-electron chi connectivity index (χ1n) is 6.40. The van der Waals surface area contributed by atoms with Crippen LogP contribution in [0, 0.1) is 0 Å². The van der Waals surface area contributed by atoms with E-state index in [1.807, 2.05) is 49.4 Å². The fourth-order valence-electron chi connectivity index (χ4n) is 2.03. The van der Waals surface area contributed by atoms with Gasteiger partial charge in [-0.25, -0.2) is 0 Å². The molecule has 4 heteroatoms. The van der Waals surface area contributed by atoms with Crippen molar-refractivity contribution in [2.45, 2.75) is 13.0 Å². The van der Waals surface area contributed by atoms with Gasteiger partial charge in [0, 0.05) is 12.1 Å². The summed E-state index contributed by atoms with van der Waals surface area (Å²) < 4.78 is 16.4. The molecular weight excluding hydrogens is 254 g/mol. The first kappa shape index (κ1) is 14.2. The summed E-state index contributed by atoms with van der Waals surface area (Å²) in [6, 6.07) is 12.9. The van der Waals surface area contributed by atoms with E-state index in [1.54, 1.807) is 14.2 Å². The predicted octanol–water partition coefficient (Wildman–Crippen LogP) is 3.52. The molecule has 0 spiro atoms. The predicted molar refractivity (Wildman–Crippen MR) is 78.7 cm³/mol. The Morgan fingerprint density at radius 2 is 1.55 bits per heavy atom. The second-order valence-corrected chi connectivity index (χ2v) is 4.44. The zero-order valence-corrected chi connectivity index (χ0v) is 11.9. The van der Waals surface area contributed by atoms with Crippen molar-refractivity contribution >= 4 is 0 Å². The molecular formula is C16H19NO3. The fourth-order valence-corrected chi connectivity index (χ4v) is 2.03. The number of ether oxygens (including phenoxy) is 3. The lowest BCUT2D eigenvalue weighted by atomic mass is 10.1. The third kappa shape index (κ3) is 3.03. The SMILES string of the molecule is COc1cccc(Oc2cccc(OC)c2C(C)N)c1. The smallest absolute Gasteiger partial charge is 0.135 e. The molecule has 2 aromatic carbocycles. The summed E-state index contributed by atoms with van der Waals surface area (Å²) in [6.07, 6.45) is 0. The second-order valence-electron chi connectivity index (χ2n) is 4.44. The molecule has 106 valence electrons. The maximum atomic E-state index is 6.02. The quantitative estimate of drug-likeness (QED) is 0.905. The van der Waals surface area contributed by atoms with Gasteiger partial charge in [0.05, 0.1) is 19.8 Å². The van der Waals surface area contributed by atoms with Crippen LogP contribution in [0.1, 0.15) is 18.5 Å². The summed E-state index contributed by atoms with van der Waals surface area (Å²) in [5.74, 6) is 2.85. The van der Waals surface area contributed by atoms with Crippen LogP contribution in [0.2, 0.25) is 0 Å². The molecule has 2 N–H and O–H groups in total. The normalized spacial score (nSPS) is 11.8. The third-order valence-corrected chi connectivity index (χ3v) is 2.97. The van der Waals surface area contributed by atoms with Crippen LogP contribution in [0.4, 0.5) is 0 Å². The second kappa shape index (κ2) is 6.30. The number of hydrogen-bond donors (Lipinski definition) is 1. The van der Waals surface area contributed by atoms with E-state index in [4.69, 9.17) is 19.9 Å². The lowest BCUT2D eigenvalue weighted by Gasteiger charge is -2.17. The van der Waals surface area contributed by atoms with E-state index in [9.17, 15) is 0 Å². The first-order chi connectivity index (χ1) is 9.65. The summed E-state index contributed by atoms with van der Waals surface area (Å²) in [5.41, 5.74) is 6.86. The van der Waals surface area contributed by atoms with Gasteiger partial charge in [-0.3, -0.25) is 0 Å². The van der Waals surface area contributed by atoms with Gasteiger partial charge in [-0.1, -0.05) is 12.1 Å². The van der Waals surface area contributed by atoms with Crippen LogP contribution in [0.5, 0.6) is 23.0 Å². The Balaban J connectivity index is 2.37. The van der Waals surface area contributed by atoms with E-state index >= 15 is 0 Å². The topological polar surface area (TPSA) is 53.7 Å². The Labute approximate surface area is 119 Å². The van der Waals surface area contributed by atoms with Gasteiger partial charge in [0.25, 0.3) is 0 Å². The van der Waals surface area contributed by atoms with Crippen molar-refractivity contribution in [3.63, 3.8) is 0 Å². The van der Waals surface area contributed by atoms with Gasteiger partial charge in [-0.15, -0.1) is 0 Å². The van der Waals surface area contributed by atoms with E-state index in [-0.39, 0.29) is 6.04 Å². The van der Waals surface area contributed by atoms with E-state index in [1.165, 1.54) is 0 Å². The van der Waals surface area contributed by atoms with Crippen molar-refractivity contribution in [2.75, 3.05) is 14.2 Å². The standard InChI is InChI=1S/C16H19NO3/c1-11(17)16-14(19-3)8-5-9-15(16)20-13-7-4-6-12(10-13)18-2/h4-11H,17H2,1-3H3. The Bertz CT molecular complexity index is 582. The lowest BCUT2D eigenvalue weighted by molar-refractivity contribution is 0.394. The zero-order chi connectivity index (χ0) is 14.5. The number of benzene rings is 2. The molecule has 0 amide bonds. The molecule has 20 heavy (non-hydrogen) atoms. The largest absolute Gasteiger partial charge is 0.497 e. The molecule has 1 atom stereocenters. The van der Waals surface area contributed by atoms with Crippen LogP contribution in [0.25, 0.3) is 0 Å². The summed E-state index contributed by atoms with van der Waals surface area (Å²) in [5, 5.41) is 0. The van der Waals surface area contributed by atoms with Gasteiger partial charge in [0.1, 0.15) is 23.0 Å². The molecule has 0 saturated carbocycles. The van der Waals surface area contributed by atoms with E-state index < -0.39 is 0 Å². The minimum Gasteiger partial charge on any atom is -0.497 e. The first-order valence-corrected chi connectivity index (χ1v) is 6.40. The Morgan fingerprint density at radius 1 is 0.900 bits per heavy atom. The third-order valence-electron chi connectivity index (χ3n) is 2.97. The molecule has 0 aliphatic carbocycles.